The standard InChI is InChI=1S/C18H30O.6CO.2Co/c1-6-18(4,5)19-15-8-7-9-16-13(2)10-11-17(16)14(3)12-15;6*1-2;;/h6,13,15-17H,1,3,7-12H2,2,4-5H3;;;;;;;;/t13-,15-,16+,17+;;;;;;;;/m1......../s1. The molecular formula is C24H30Co2O7. The third kappa shape index (κ3) is 22.5. The van der Waals surface area contributed by atoms with Crippen LogP contribution in [0.3, 0.4) is 0 Å². The summed E-state index contributed by atoms with van der Waals surface area (Å²) in [5.41, 5.74) is 1.23. The molecule has 2 radical (unpaired) electrons. The van der Waals surface area contributed by atoms with Crippen LogP contribution in [0, 0.1) is 57.7 Å². The molecule has 0 aromatic heterocycles. The SMILES string of the molecule is C=CC(C)(C)O[C@@H]1CCC[C@H]2[C@H](C)CC[C@H]2C(=C)C1.[C-]#[O+].[C-]#[O+].[C-]#[O+].[C-]#[O+].[C-]#[O+].[C-]#[O+].[Co].[Co]. The van der Waals surface area contributed by atoms with Gasteiger partial charge in [0.25, 0.3) is 0 Å². The van der Waals surface area contributed by atoms with Crippen molar-refractivity contribution in [2.24, 2.45) is 17.8 Å². The van der Waals surface area contributed by atoms with Gasteiger partial charge in [0.05, 0.1) is 11.7 Å². The first-order valence-corrected chi connectivity index (χ1v) is 9.14. The summed E-state index contributed by atoms with van der Waals surface area (Å²) < 4.78 is 51.2. The van der Waals surface area contributed by atoms with Crippen LogP contribution in [-0.4, -0.2) is 11.7 Å². The van der Waals surface area contributed by atoms with E-state index in [1.807, 2.05) is 6.08 Å². The Kier molecular flexibility index (Phi) is 52.8. The molecule has 0 spiro atoms. The van der Waals surface area contributed by atoms with Gasteiger partial charge in [-0.3, -0.25) is 0 Å². The Bertz CT molecular complexity index is 543. The summed E-state index contributed by atoms with van der Waals surface area (Å²) in [7, 11) is 0. The van der Waals surface area contributed by atoms with Crippen molar-refractivity contribution in [2.75, 3.05) is 0 Å². The molecule has 2 aliphatic carbocycles. The molecule has 0 bridgehead atoms. The third-order valence-electron chi connectivity index (χ3n) is 5.22. The van der Waals surface area contributed by atoms with Crippen LogP contribution in [0.5, 0.6) is 0 Å². The molecule has 0 unspecified atom stereocenters. The van der Waals surface area contributed by atoms with E-state index in [9.17, 15) is 0 Å². The van der Waals surface area contributed by atoms with E-state index < -0.39 is 0 Å². The van der Waals surface area contributed by atoms with Crippen LogP contribution in [0.4, 0.5) is 0 Å². The summed E-state index contributed by atoms with van der Waals surface area (Å²) in [6, 6.07) is 0. The minimum Gasteiger partial charge on any atom is 0 e. The van der Waals surface area contributed by atoms with Gasteiger partial charge in [-0.25, -0.2) is 0 Å². The van der Waals surface area contributed by atoms with Crippen LogP contribution in [0.1, 0.15) is 59.3 Å². The van der Waals surface area contributed by atoms with Crippen LogP contribution in [-0.2, 0) is 66.2 Å². The predicted molar refractivity (Wildman–Crippen MR) is 106 cm³/mol. The van der Waals surface area contributed by atoms with Crippen molar-refractivity contribution in [3.63, 3.8) is 0 Å². The van der Waals surface area contributed by atoms with Gasteiger partial charge >= 0.3 is 67.8 Å². The zero-order valence-corrected chi connectivity index (χ0v) is 21.2. The molecule has 2 fully saturated rings. The van der Waals surface area contributed by atoms with E-state index in [2.05, 4.69) is 73.8 Å². The second-order valence-corrected chi connectivity index (χ2v) is 7.17. The Labute approximate surface area is 219 Å². The van der Waals surface area contributed by atoms with Crippen molar-refractivity contribution >= 4 is 0 Å². The quantitative estimate of drug-likeness (QED) is 0.278. The van der Waals surface area contributed by atoms with Gasteiger partial charge in [0.15, 0.2) is 0 Å². The van der Waals surface area contributed by atoms with Crippen LogP contribution >= 0.6 is 0 Å². The molecule has 186 valence electrons. The van der Waals surface area contributed by atoms with Crippen molar-refractivity contribution in [2.45, 2.75) is 71.0 Å². The third-order valence-corrected chi connectivity index (χ3v) is 5.22. The summed E-state index contributed by atoms with van der Waals surface area (Å²) in [6.45, 7) is 41.9. The minimum atomic E-state index is -0.216. The van der Waals surface area contributed by atoms with Gasteiger partial charge in [-0.15, -0.1) is 6.58 Å². The maximum absolute atomic E-state index is 7.50. The van der Waals surface area contributed by atoms with E-state index in [0.717, 1.165) is 24.2 Å². The molecule has 2 aliphatic rings. The zero-order chi connectivity index (χ0) is 26.0. The first-order chi connectivity index (χ1) is 14.9. The summed E-state index contributed by atoms with van der Waals surface area (Å²) in [4.78, 5) is 0. The van der Waals surface area contributed by atoms with Gasteiger partial charge in [-0.2, -0.15) is 0 Å². The fourth-order valence-electron chi connectivity index (χ4n) is 3.97. The van der Waals surface area contributed by atoms with E-state index in [1.54, 1.807) is 0 Å². The molecule has 0 aromatic carbocycles. The Hall–Kier alpha value is -1.11. The fourth-order valence-corrected chi connectivity index (χ4v) is 3.97. The van der Waals surface area contributed by atoms with Gasteiger partial charge in [-0.1, -0.05) is 31.6 Å². The van der Waals surface area contributed by atoms with E-state index in [0.29, 0.717) is 6.10 Å². The van der Waals surface area contributed by atoms with Gasteiger partial charge in [0.1, 0.15) is 0 Å². The first-order valence-electron chi connectivity index (χ1n) is 9.14. The molecular weight excluding hydrogens is 518 g/mol. The van der Waals surface area contributed by atoms with E-state index in [4.69, 9.17) is 32.6 Å². The van der Waals surface area contributed by atoms with Crippen molar-refractivity contribution in [1.29, 1.82) is 0 Å². The largest absolute Gasteiger partial charge is 0 e. The van der Waals surface area contributed by atoms with Crippen molar-refractivity contribution < 1.29 is 66.2 Å². The maximum atomic E-state index is 7.50. The number of hydrogen-bond acceptors (Lipinski definition) is 1. The zero-order valence-electron chi connectivity index (χ0n) is 19.1. The van der Waals surface area contributed by atoms with Gasteiger partial charge in [-0.05, 0) is 63.7 Å². The van der Waals surface area contributed by atoms with E-state index in [-0.39, 0.29) is 39.2 Å². The fraction of sp³-hybridized carbons (Fsp3) is 0.583. The van der Waals surface area contributed by atoms with Crippen LogP contribution in [0.2, 0.25) is 0 Å². The smallest absolute Gasteiger partial charge is 0 e. The molecule has 4 atom stereocenters. The summed E-state index contributed by atoms with van der Waals surface area (Å²) in [5.74, 6) is 2.54. The molecule has 7 nitrogen and oxygen atoms in total. The summed E-state index contributed by atoms with van der Waals surface area (Å²) >= 11 is 0. The van der Waals surface area contributed by atoms with Gasteiger partial charge in [0, 0.05) is 33.6 Å². The molecule has 0 aromatic rings. The molecule has 33 heavy (non-hydrogen) atoms. The Morgan fingerprint density at radius 1 is 0.818 bits per heavy atom. The maximum Gasteiger partial charge on any atom is 0 e. The monoisotopic (exact) mass is 548 g/mol. The normalized spacial score (nSPS) is 21.4. The second kappa shape index (κ2) is 35.5. The first kappa shape index (κ1) is 49.1. The van der Waals surface area contributed by atoms with Gasteiger partial charge in [0.2, 0.25) is 0 Å². The Morgan fingerprint density at radius 3 is 1.64 bits per heavy atom. The number of ether oxygens (including phenoxy) is 1. The van der Waals surface area contributed by atoms with E-state index in [1.165, 1.54) is 37.7 Å². The minimum absolute atomic E-state index is 0. The van der Waals surface area contributed by atoms with Crippen molar-refractivity contribution in [1.82, 2.24) is 0 Å². The topological polar surface area (TPSA) is 129 Å². The molecule has 2 saturated carbocycles. The Morgan fingerprint density at radius 2 is 1.24 bits per heavy atom. The summed E-state index contributed by atoms with van der Waals surface area (Å²) in [6.07, 6.45) is 9.86. The van der Waals surface area contributed by atoms with Crippen LogP contribution < -0.4 is 0 Å². The average molecular weight is 548 g/mol. The summed E-state index contributed by atoms with van der Waals surface area (Å²) in [5, 5.41) is 0. The van der Waals surface area contributed by atoms with E-state index >= 15 is 0 Å². The predicted octanol–water partition coefficient (Wildman–Crippen LogP) is 4.90. The molecule has 0 N–H and O–H groups in total. The van der Waals surface area contributed by atoms with Crippen molar-refractivity contribution in [3.8, 4) is 0 Å². The molecule has 0 heterocycles. The molecule has 0 saturated heterocycles. The molecule has 0 amide bonds. The number of fused-ring (bicyclic) bond motifs is 1. The molecule has 9 heteroatoms. The van der Waals surface area contributed by atoms with Crippen LogP contribution in [0.25, 0.3) is 0 Å². The Balaban J connectivity index is -0.0000000844. The second-order valence-electron chi connectivity index (χ2n) is 7.17. The molecule has 2 rings (SSSR count). The van der Waals surface area contributed by atoms with Crippen molar-refractivity contribution in [3.05, 3.63) is 64.7 Å². The van der Waals surface area contributed by atoms with Crippen LogP contribution in [0.15, 0.2) is 24.8 Å². The number of rotatable bonds is 3. The number of hydrogen-bond donors (Lipinski definition) is 0. The average Bonchev–Trinajstić information content (AvgIpc) is 3.20. The molecule has 0 aliphatic heterocycles. The van der Waals surface area contributed by atoms with Gasteiger partial charge < -0.3 is 4.74 Å².